The van der Waals surface area contributed by atoms with Crippen LogP contribution in [0.2, 0.25) is 10.0 Å². The van der Waals surface area contributed by atoms with E-state index in [1.165, 1.54) is 25.3 Å². The minimum absolute atomic E-state index is 0.0815. The van der Waals surface area contributed by atoms with E-state index in [1.54, 1.807) is 31.2 Å². The summed E-state index contributed by atoms with van der Waals surface area (Å²) in [7, 11) is 1.52. The summed E-state index contributed by atoms with van der Waals surface area (Å²) >= 11 is 11.9. The van der Waals surface area contributed by atoms with Crippen LogP contribution < -0.4 is 9.75 Å². The number of carbonyl (C=O) groups excluding carboxylic acids is 1. The summed E-state index contributed by atoms with van der Waals surface area (Å²) in [5.74, 6) is -1.02. The quantitative estimate of drug-likeness (QED) is 0.760. The lowest BCUT2D eigenvalue weighted by Crippen LogP contribution is -2.21. The number of halogens is 2. The number of rotatable bonds is 4. The summed E-state index contributed by atoms with van der Waals surface area (Å²) in [6.45, 7) is 1.69. The van der Waals surface area contributed by atoms with Crippen LogP contribution in [-0.2, 0) is 4.79 Å². The fourth-order valence-corrected chi connectivity index (χ4v) is 3.02. The van der Waals surface area contributed by atoms with E-state index >= 15 is 0 Å². The first-order valence-electron chi connectivity index (χ1n) is 7.80. The van der Waals surface area contributed by atoms with Crippen LogP contribution in [0.4, 0.5) is 5.69 Å². The number of benzene rings is 2. The molecule has 138 valence electrons. The largest absolute Gasteiger partial charge is 0.496 e. The van der Waals surface area contributed by atoms with Crippen molar-refractivity contribution in [2.75, 3.05) is 12.1 Å². The lowest BCUT2D eigenvalue weighted by Gasteiger charge is -2.13. The van der Waals surface area contributed by atoms with Crippen LogP contribution in [0.3, 0.4) is 0 Å². The molecule has 6 nitrogen and oxygen atoms in total. The van der Waals surface area contributed by atoms with E-state index in [4.69, 9.17) is 27.9 Å². The Hall–Kier alpha value is -2.83. The monoisotopic (exact) mass is 404 g/mol. The van der Waals surface area contributed by atoms with Crippen molar-refractivity contribution in [2.45, 2.75) is 6.92 Å². The molecule has 0 atom stereocenters. The third-order valence-corrected chi connectivity index (χ3v) is 4.54. The maximum absolute atomic E-state index is 12.9. The second-order valence-corrected chi connectivity index (χ2v) is 6.56. The maximum atomic E-state index is 12.9. The van der Waals surface area contributed by atoms with Crippen molar-refractivity contribution in [3.05, 3.63) is 63.1 Å². The number of anilines is 1. The van der Waals surface area contributed by atoms with Gasteiger partial charge in [-0.1, -0.05) is 23.2 Å². The number of carboxylic acids is 1. The number of nitrogens with zero attached hydrogens (tertiary/aromatic N) is 2. The average Bonchev–Trinajstić information content (AvgIpc) is 2.90. The first-order chi connectivity index (χ1) is 12.8. The van der Waals surface area contributed by atoms with Gasteiger partial charge in [0.1, 0.15) is 5.75 Å². The van der Waals surface area contributed by atoms with Crippen molar-refractivity contribution in [1.82, 2.24) is 0 Å². The lowest BCUT2D eigenvalue weighted by atomic mass is 10.1. The normalized spacial score (nSPS) is 15.3. The van der Waals surface area contributed by atoms with E-state index in [1.807, 2.05) is 0 Å². The minimum Gasteiger partial charge on any atom is -0.496 e. The first-order valence-corrected chi connectivity index (χ1v) is 8.55. The molecule has 1 amide bonds. The van der Waals surface area contributed by atoms with Gasteiger partial charge in [0.2, 0.25) is 0 Å². The van der Waals surface area contributed by atoms with E-state index in [2.05, 4.69) is 5.10 Å². The molecule has 1 aliphatic rings. The van der Waals surface area contributed by atoms with Gasteiger partial charge in [0.25, 0.3) is 5.91 Å². The predicted molar refractivity (Wildman–Crippen MR) is 105 cm³/mol. The molecule has 3 rings (SSSR count). The molecule has 0 fully saturated rings. The number of hydrogen-bond donors (Lipinski definition) is 1. The minimum atomic E-state index is -1.19. The van der Waals surface area contributed by atoms with Crippen LogP contribution >= 0.6 is 23.2 Å². The van der Waals surface area contributed by atoms with E-state index < -0.39 is 11.9 Å². The van der Waals surface area contributed by atoms with Gasteiger partial charge in [0, 0.05) is 10.6 Å². The van der Waals surface area contributed by atoms with Crippen molar-refractivity contribution in [2.24, 2.45) is 5.10 Å². The molecule has 2 aromatic carbocycles. The molecule has 8 heteroatoms. The fourth-order valence-electron chi connectivity index (χ4n) is 2.64. The number of carbonyl (C=O) groups is 2. The molecular weight excluding hydrogens is 391 g/mol. The van der Waals surface area contributed by atoms with Gasteiger partial charge >= 0.3 is 5.97 Å². The van der Waals surface area contributed by atoms with Crippen molar-refractivity contribution in [1.29, 1.82) is 0 Å². The Kier molecular flexibility index (Phi) is 5.21. The van der Waals surface area contributed by atoms with Gasteiger partial charge in [-0.05, 0) is 49.4 Å². The summed E-state index contributed by atoms with van der Waals surface area (Å²) < 4.78 is 5.30. The molecule has 0 spiro atoms. The molecule has 0 saturated carbocycles. The second-order valence-electron chi connectivity index (χ2n) is 5.72. The van der Waals surface area contributed by atoms with E-state index in [0.717, 1.165) is 5.01 Å². The smallest absolute Gasteiger partial charge is 0.337 e. The van der Waals surface area contributed by atoms with Gasteiger partial charge in [0.15, 0.2) is 0 Å². The Morgan fingerprint density at radius 3 is 2.63 bits per heavy atom. The summed E-state index contributed by atoms with van der Waals surface area (Å²) in [6.07, 6.45) is 1.64. The number of amides is 1. The van der Waals surface area contributed by atoms with Crippen LogP contribution in [0.25, 0.3) is 6.08 Å². The standard InChI is InChI=1S/C19H14Cl2N2O4/c1-10-14(8-11-7-12(20)3-6-17(11)27-2)18(24)23(22-10)13-4-5-16(21)15(9-13)19(25)26/h3-9H,1-2H3,(H,25,26)/b14-8+. The average molecular weight is 405 g/mol. The highest BCUT2D eigenvalue weighted by Crippen LogP contribution is 2.31. The molecule has 0 aliphatic carbocycles. The number of hydrazone groups is 1. The van der Waals surface area contributed by atoms with Gasteiger partial charge in [-0.3, -0.25) is 4.79 Å². The first kappa shape index (κ1) is 18.9. The van der Waals surface area contributed by atoms with Crippen LogP contribution in [0.5, 0.6) is 5.75 Å². The molecule has 0 unspecified atom stereocenters. The van der Waals surface area contributed by atoms with Gasteiger partial charge in [0.05, 0.1) is 34.7 Å². The van der Waals surface area contributed by atoms with Gasteiger partial charge < -0.3 is 9.84 Å². The number of methoxy groups -OCH3 is 1. The topological polar surface area (TPSA) is 79.2 Å². The van der Waals surface area contributed by atoms with E-state index in [-0.39, 0.29) is 10.6 Å². The molecule has 0 saturated heterocycles. The van der Waals surface area contributed by atoms with Crippen molar-refractivity contribution in [3.63, 3.8) is 0 Å². The zero-order valence-corrected chi connectivity index (χ0v) is 15.9. The maximum Gasteiger partial charge on any atom is 0.337 e. The van der Waals surface area contributed by atoms with E-state index in [0.29, 0.717) is 33.3 Å². The summed E-state index contributed by atoms with van der Waals surface area (Å²) in [6, 6.07) is 9.33. The van der Waals surface area contributed by atoms with Gasteiger partial charge in [-0.15, -0.1) is 0 Å². The van der Waals surface area contributed by atoms with Crippen molar-refractivity contribution >= 4 is 52.6 Å². The SMILES string of the molecule is COc1ccc(Cl)cc1/C=C1/C(=O)N(c2ccc(Cl)c(C(=O)O)c2)N=C1C. The summed E-state index contributed by atoms with van der Waals surface area (Å²) in [5.41, 5.74) is 1.66. The van der Waals surface area contributed by atoms with Crippen molar-refractivity contribution < 1.29 is 19.4 Å². The molecular formula is C19H14Cl2N2O4. The molecule has 0 radical (unpaired) electrons. The Morgan fingerprint density at radius 2 is 1.96 bits per heavy atom. The van der Waals surface area contributed by atoms with Crippen molar-refractivity contribution in [3.8, 4) is 5.75 Å². The van der Waals surface area contributed by atoms with Crippen LogP contribution in [0.1, 0.15) is 22.8 Å². The van der Waals surface area contributed by atoms with Crippen LogP contribution in [0, 0.1) is 0 Å². The number of carboxylic acid groups (broad SMARTS) is 1. The number of ether oxygens (including phenoxy) is 1. The highest BCUT2D eigenvalue weighted by Gasteiger charge is 2.29. The number of aromatic carboxylic acids is 1. The van der Waals surface area contributed by atoms with E-state index in [9.17, 15) is 14.7 Å². The Balaban J connectivity index is 2.02. The molecule has 0 bridgehead atoms. The fraction of sp³-hybridized carbons (Fsp3) is 0.105. The van der Waals surface area contributed by atoms with Gasteiger partial charge in [-0.2, -0.15) is 10.1 Å². The zero-order valence-electron chi connectivity index (χ0n) is 14.4. The third kappa shape index (κ3) is 3.67. The third-order valence-electron chi connectivity index (χ3n) is 3.98. The molecule has 1 N–H and O–H groups in total. The van der Waals surface area contributed by atoms with Gasteiger partial charge in [-0.25, -0.2) is 4.79 Å². The molecule has 2 aromatic rings. The van der Waals surface area contributed by atoms with Crippen LogP contribution in [-0.4, -0.2) is 29.8 Å². The molecule has 0 aromatic heterocycles. The molecule has 1 heterocycles. The Labute approximate surface area is 165 Å². The summed E-state index contributed by atoms with van der Waals surface area (Å²) in [5, 5.41) is 15.2. The Bertz CT molecular complexity index is 1010. The zero-order chi connectivity index (χ0) is 19.7. The molecule has 1 aliphatic heterocycles. The Morgan fingerprint density at radius 1 is 1.22 bits per heavy atom. The van der Waals surface area contributed by atoms with Crippen LogP contribution in [0.15, 0.2) is 47.1 Å². The highest BCUT2D eigenvalue weighted by atomic mass is 35.5. The highest BCUT2D eigenvalue weighted by molar-refractivity contribution is 6.34. The number of hydrogen-bond acceptors (Lipinski definition) is 4. The lowest BCUT2D eigenvalue weighted by molar-refractivity contribution is -0.114. The molecule has 27 heavy (non-hydrogen) atoms. The second kappa shape index (κ2) is 7.42. The summed E-state index contributed by atoms with van der Waals surface area (Å²) in [4.78, 5) is 24.1. The predicted octanol–water partition coefficient (Wildman–Crippen LogP) is 4.51.